The first-order valence-corrected chi connectivity index (χ1v) is 9.84. The van der Waals surface area contributed by atoms with Crippen molar-refractivity contribution in [1.29, 1.82) is 5.26 Å². The van der Waals surface area contributed by atoms with E-state index >= 15 is 0 Å². The van der Waals surface area contributed by atoms with Crippen molar-refractivity contribution in [3.05, 3.63) is 69.1 Å². The summed E-state index contributed by atoms with van der Waals surface area (Å²) in [5.41, 5.74) is -2.82. The van der Waals surface area contributed by atoms with E-state index in [2.05, 4.69) is 19.6 Å². The summed E-state index contributed by atoms with van der Waals surface area (Å²) in [6, 6.07) is 6.27. The van der Waals surface area contributed by atoms with Gasteiger partial charge in [0.05, 0.1) is 22.4 Å². The number of carbonyl (C=O) groups excluding carboxylic acids is 1. The van der Waals surface area contributed by atoms with Crippen LogP contribution in [0.3, 0.4) is 0 Å². The quantitative estimate of drug-likeness (QED) is 0.568. The van der Waals surface area contributed by atoms with E-state index in [9.17, 15) is 36.8 Å². The van der Waals surface area contributed by atoms with Gasteiger partial charge in [-0.25, -0.2) is 18.6 Å². The monoisotopic (exact) mass is 479 g/mol. The highest BCUT2D eigenvalue weighted by molar-refractivity contribution is 5.96. The Morgan fingerprint density at radius 3 is 2.53 bits per heavy atom. The number of amides is 1. The molecule has 1 fully saturated rings. The lowest BCUT2D eigenvalue weighted by molar-refractivity contribution is -0.137. The SMILES string of the molecule is N#Cc1cc(C(=O)N2CCC(c3noc(=O)[nH]3)C2)c(C(F)F)nc1-c1ccc(C(F)(F)F)cc1. The number of benzene rings is 1. The number of aromatic nitrogens is 3. The molecule has 34 heavy (non-hydrogen) atoms. The third-order valence-electron chi connectivity index (χ3n) is 5.41. The van der Waals surface area contributed by atoms with Crippen LogP contribution in [0.2, 0.25) is 0 Å². The van der Waals surface area contributed by atoms with Gasteiger partial charge in [0, 0.05) is 24.6 Å². The molecule has 0 radical (unpaired) electrons. The molecule has 13 heteroatoms. The zero-order valence-corrected chi connectivity index (χ0v) is 17.1. The Morgan fingerprint density at radius 2 is 1.97 bits per heavy atom. The van der Waals surface area contributed by atoms with Gasteiger partial charge in [-0.05, 0) is 24.6 Å². The maximum Gasteiger partial charge on any atom is 0.438 e. The molecule has 1 unspecified atom stereocenters. The van der Waals surface area contributed by atoms with Crippen LogP contribution in [0.1, 0.15) is 51.8 Å². The van der Waals surface area contributed by atoms with Gasteiger partial charge in [-0.15, -0.1) is 0 Å². The molecule has 4 rings (SSSR count). The predicted molar refractivity (Wildman–Crippen MR) is 105 cm³/mol. The fourth-order valence-electron chi connectivity index (χ4n) is 3.74. The number of pyridine rings is 1. The maximum absolute atomic E-state index is 13.8. The summed E-state index contributed by atoms with van der Waals surface area (Å²) < 4.78 is 70.6. The fraction of sp³-hybridized carbons (Fsp3) is 0.286. The van der Waals surface area contributed by atoms with Crippen LogP contribution in [0.25, 0.3) is 11.3 Å². The summed E-state index contributed by atoms with van der Waals surface area (Å²) in [7, 11) is 0. The number of nitrogens with one attached hydrogen (secondary N) is 1. The lowest BCUT2D eigenvalue weighted by atomic mass is 10.0. The van der Waals surface area contributed by atoms with Crippen molar-refractivity contribution in [3.8, 4) is 17.3 Å². The summed E-state index contributed by atoms with van der Waals surface area (Å²) in [6.45, 7) is 0.232. The first kappa shape index (κ1) is 23.1. The van der Waals surface area contributed by atoms with Crippen LogP contribution in [0, 0.1) is 11.3 Å². The van der Waals surface area contributed by atoms with E-state index < -0.39 is 41.1 Å². The highest BCUT2D eigenvalue weighted by Crippen LogP contribution is 2.34. The van der Waals surface area contributed by atoms with Crippen LogP contribution in [-0.4, -0.2) is 39.0 Å². The molecule has 1 amide bonds. The summed E-state index contributed by atoms with van der Waals surface area (Å²) >= 11 is 0. The van der Waals surface area contributed by atoms with Crippen molar-refractivity contribution < 1.29 is 31.3 Å². The minimum absolute atomic E-state index is 0.0154. The van der Waals surface area contributed by atoms with Gasteiger partial charge in [-0.3, -0.25) is 14.3 Å². The van der Waals surface area contributed by atoms with Crippen molar-refractivity contribution >= 4 is 5.91 Å². The molecule has 1 atom stereocenters. The second kappa shape index (κ2) is 8.69. The number of H-pyrrole nitrogens is 1. The van der Waals surface area contributed by atoms with Gasteiger partial charge in [0.15, 0.2) is 5.82 Å². The van der Waals surface area contributed by atoms with E-state index in [1.165, 1.54) is 4.90 Å². The Bertz CT molecular complexity index is 1320. The Morgan fingerprint density at radius 1 is 1.26 bits per heavy atom. The van der Waals surface area contributed by atoms with E-state index in [4.69, 9.17) is 0 Å². The Labute approximate surface area is 187 Å². The largest absolute Gasteiger partial charge is 0.438 e. The van der Waals surface area contributed by atoms with Gasteiger partial charge in [-0.1, -0.05) is 17.3 Å². The Hall–Kier alpha value is -4.08. The summed E-state index contributed by atoms with van der Waals surface area (Å²) in [5, 5.41) is 13.1. The second-order valence-corrected chi connectivity index (χ2v) is 7.52. The topological polar surface area (TPSA) is 116 Å². The van der Waals surface area contributed by atoms with Crippen molar-refractivity contribution in [2.24, 2.45) is 0 Å². The van der Waals surface area contributed by atoms with Gasteiger partial charge in [0.2, 0.25) is 0 Å². The van der Waals surface area contributed by atoms with Crippen LogP contribution in [-0.2, 0) is 6.18 Å². The number of hydrogen-bond donors (Lipinski definition) is 1. The van der Waals surface area contributed by atoms with Gasteiger partial charge in [0.25, 0.3) is 12.3 Å². The van der Waals surface area contributed by atoms with E-state index in [0.29, 0.717) is 6.42 Å². The van der Waals surface area contributed by atoms with Crippen molar-refractivity contribution in [1.82, 2.24) is 20.0 Å². The Balaban J connectivity index is 1.68. The molecule has 1 aliphatic rings. The van der Waals surface area contributed by atoms with E-state index in [0.717, 1.165) is 30.3 Å². The van der Waals surface area contributed by atoms with E-state index in [-0.39, 0.29) is 41.7 Å². The summed E-state index contributed by atoms with van der Waals surface area (Å²) in [6.07, 6.45) is -7.40. The number of aromatic amines is 1. The number of likely N-dealkylation sites (tertiary alicyclic amines) is 1. The smallest absolute Gasteiger partial charge is 0.338 e. The highest BCUT2D eigenvalue weighted by atomic mass is 19.4. The molecule has 1 aromatic carbocycles. The molecule has 0 aliphatic carbocycles. The number of nitrogens with zero attached hydrogens (tertiary/aromatic N) is 4. The Kier molecular flexibility index (Phi) is 5.90. The molecule has 0 saturated carbocycles. The van der Waals surface area contributed by atoms with Gasteiger partial charge >= 0.3 is 11.9 Å². The highest BCUT2D eigenvalue weighted by Gasteiger charge is 2.34. The van der Waals surface area contributed by atoms with Gasteiger partial charge in [-0.2, -0.15) is 18.4 Å². The molecule has 0 bridgehead atoms. The zero-order valence-electron chi connectivity index (χ0n) is 17.1. The fourth-order valence-corrected chi connectivity index (χ4v) is 3.74. The number of carbonyl (C=O) groups is 1. The average molecular weight is 479 g/mol. The maximum atomic E-state index is 13.8. The van der Waals surface area contributed by atoms with Crippen LogP contribution in [0.15, 0.2) is 39.6 Å². The number of alkyl halides is 5. The van der Waals surface area contributed by atoms with Crippen LogP contribution in [0.4, 0.5) is 22.0 Å². The normalized spacial score (nSPS) is 16.1. The first-order valence-electron chi connectivity index (χ1n) is 9.84. The number of nitriles is 1. The summed E-state index contributed by atoms with van der Waals surface area (Å²) in [4.78, 5) is 31.6. The molecule has 0 spiro atoms. The van der Waals surface area contributed by atoms with Gasteiger partial charge < -0.3 is 4.90 Å². The van der Waals surface area contributed by atoms with Crippen LogP contribution in [0.5, 0.6) is 0 Å². The molecule has 3 aromatic rings. The third-order valence-corrected chi connectivity index (χ3v) is 5.41. The molecule has 1 saturated heterocycles. The molecule has 3 heterocycles. The van der Waals surface area contributed by atoms with E-state index in [1.54, 1.807) is 6.07 Å². The second-order valence-electron chi connectivity index (χ2n) is 7.52. The minimum Gasteiger partial charge on any atom is -0.338 e. The summed E-state index contributed by atoms with van der Waals surface area (Å²) in [5.74, 6) is -1.71. The standard InChI is InChI=1S/C21H14F5N5O3/c22-17(23)16-14(19(32)31-6-5-11(9-31)18-29-20(33)34-30-18)7-12(8-27)15(28-16)10-1-3-13(4-2-10)21(24,25)26/h1-4,7,11,17H,5-6,9H2,(H,29,30,33). The zero-order chi connectivity index (χ0) is 24.6. The lowest BCUT2D eigenvalue weighted by Gasteiger charge is -2.19. The number of hydrogen-bond acceptors (Lipinski definition) is 6. The lowest BCUT2D eigenvalue weighted by Crippen LogP contribution is -2.30. The van der Waals surface area contributed by atoms with Gasteiger partial charge in [0.1, 0.15) is 11.8 Å². The molecule has 2 aromatic heterocycles. The average Bonchev–Trinajstić information content (AvgIpc) is 3.46. The first-order chi connectivity index (χ1) is 16.1. The third kappa shape index (κ3) is 4.39. The van der Waals surface area contributed by atoms with Crippen molar-refractivity contribution in [2.45, 2.75) is 24.9 Å². The molecule has 1 N–H and O–H groups in total. The van der Waals surface area contributed by atoms with Crippen LogP contribution < -0.4 is 5.76 Å². The molecular weight excluding hydrogens is 465 g/mol. The van der Waals surface area contributed by atoms with E-state index in [1.807, 2.05) is 0 Å². The molecule has 1 aliphatic heterocycles. The predicted octanol–water partition coefficient (Wildman–Crippen LogP) is 3.88. The van der Waals surface area contributed by atoms with Crippen molar-refractivity contribution in [3.63, 3.8) is 0 Å². The number of halogens is 5. The van der Waals surface area contributed by atoms with Crippen molar-refractivity contribution in [2.75, 3.05) is 13.1 Å². The van der Waals surface area contributed by atoms with Crippen LogP contribution >= 0.6 is 0 Å². The molecule has 176 valence electrons. The molecule has 8 nitrogen and oxygen atoms in total. The molecular formula is C21H14F5N5O3. The number of rotatable bonds is 4. The minimum atomic E-state index is -4.60.